The summed E-state index contributed by atoms with van der Waals surface area (Å²) in [4.78, 5) is 11.3. The van der Waals surface area contributed by atoms with Gasteiger partial charge < -0.3 is 10.1 Å². The Labute approximate surface area is 110 Å². The number of carbonyl (C=O) groups is 1. The number of carbonyl (C=O) groups excluding carboxylic acids is 1. The van der Waals surface area contributed by atoms with Gasteiger partial charge in [-0.25, -0.2) is 4.79 Å². The minimum atomic E-state index is -0.418. The summed E-state index contributed by atoms with van der Waals surface area (Å²) in [6, 6.07) is 5.23. The Hall–Kier alpha value is -1.19. The summed E-state index contributed by atoms with van der Waals surface area (Å²) in [5, 5.41) is 3.86. The molecule has 0 atom stereocenters. The largest absolute Gasteiger partial charge is 0.463 e. The van der Waals surface area contributed by atoms with Crippen LogP contribution in [0.1, 0.15) is 6.92 Å². The highest BCUT2D eigenvalue weighted by Gasteiger charge is 2.09. The van der Waals surface area contributed by atoms with Gasteiger partial charge in [0.25, 0.3) is 0 Å². The standard InChI is InChI=1S/C12H13Cl2NO2/c1-3-17-12(16)8(2)7-15-10-6-4-5-9(13)11(10)14/h4-6,15H,2-3,7H2,1H3. The lowest BCUT2D eigenvalue weighted by molar-refractivity contribution is -0.138. The Balaban J connectivity index is 2.59. The quantitative estimate of drug-likeness (QED) is 0.659. The van der Waals surface area contributed by atoms with Crippen LogP contribution in [0.25, 0.3) is 0 Å². The van der Waals surface area contributed by atoms with E-state index in [0.29, 0.717) is 27.9 Å². The fraction of sp³-hybridized carbons (Fsp3) is 0.250. The maximum Gasteiger partial charge on any atom is 0.335 e. The molecule has 0 aliphatic rings. The number of halogens is 2. The second kappa shape index (κ2) is 6.52. The first kappa shape index (κ1) is 13.9. The number of ether oxygens (including phenoxy) is 1. The third-order valence-corrected chi connectivity index (χ3v) is 2.83. The second-order valence-electron chi connectivity index (χ2n) is 3.28. The zero-order chi connectivity index (χ0) is 12.8. The molecule has 0 spiro atoms. The van der Waals surface area contributed by atoms with Crippen molar-refractivity contribution in [1.29, 1.82) is 0 Å². The van der Waals surface area contributed by atoms with Crippen molar-refractivity contribution in [3.63, 3.8) is 0 Å². The number of hydrogen-bond acceptors (Lipinski definition) is 3. The van der Waals surface area contributed by atoms with Crippen LogP contribution >= 0.6 is 23.2 Å². The van der Waals surface area contributed by atoms with Gasteiger partial charge in [-0.05, 0) is 19.1 Å². The lowest BCUT2D eigenvalue weighted by Gasteiger charge is -2.10. The molecule has 0 radical (unpaired) electrons. The van der Waals surface area contributed by atoms with Crippen molar-refractivity contribution in [1.82, 2.24) is 0 Å². The van der Waals surface area contributed by atoms with E-state index in [1.54, 1.807) is 25.1 Å². The number of anilines is 1. The summed E-state index contributed by atoms with van der Waals surface area (Å²) in [6.07, 6.45) is 0. The van der Waals surface area contributed by atoms with Gasteiger partial charge >= 0.3 is 5.97 Å². The lowest BCUT2D eigenvalue weighted by Crippen LogP contribution is -2.14. The first-order valence-corrected chi connectivity index (χ1v) is 5.84. The van der Waals surface area contributed by atoms with Gasteiger partial charge in [0.15, 0.2) is 0 Å². The van der Waals surface area contributed by atoms with Gasteiger partial charge in [0.05, 0.1) is 22.3 Å². The molecule has 1 N–H and O–H groups in total. The normalized spacial score (nSPS) is 9.82. The van der Waals surface area contributed by atoms with E-state index in [-0.39, 0.29) is 6.54 Å². The third kappa shape index (κ3) is 3.95. The molecular formula is C12H13Cl2NO2. The highest BCUT2D eigenvalue weighted by Crippen LogP contribution is 2.29. The van der Waals surface area contributed by atoms with Crippen molar-refractivity contribution in [2.45, 2.75) is 6.92 Å². The van der Waals surface area contributed by atoms with E-state index in [4.69, 9.17) is 27.9 Å². The summed E-state index contributed by atoms with van der Waals surface area (Å²) >= 11 is 11.8. The molecule has 0 saturated carbocycles. The van der Waals surface area contributed by atoms with Gasteiger partial charge in [0.1, 0.15) is 0 Å². The van der Waals surface area contributed by atoms with Gasteiger partial charge in [-0.15, -0.1) is 0 Å². The number of nitrogens with one attached hydrogen (secondary N) is 1. The van der Waals surface area contributed by atoms with Crippen LogP contribution in [0.4, 0.5) is 5.69 Å². The van der Waals surface area contributed by atoms with E-state index in [1.807, 2.05) is 0 Å². The number of esters is 1. The average molecular weight is 274 g/mol. The molecule has 1 aromatic carbocycles. The Kier molecular flexibility index (Phi) is 5.32. The van der Waals surface area contributed by atoms with E-state index >= 15 is 0 Å². The van der Waals surface area contributed by atoms with Crippen molar-refractivity contribution in [2.75, 3.05) is 18.5 Å². The highest BCUT2D eigenvalue weighted by atomic mass is 35.5. The minimum absolute atomic E-state index is 0.263. The summed E-state index contributed by atoms with van der Waals surface area (Å²) in [5.41, 5.74) is 0.993. The van der Waals surface area contributed by atoms with Gasteiger partial charge in [0, 0.05) is 12.1 Å². The maximum absolute atomic E-state index is 11.3. The molecule has 1 aromatic rings. The minimum Gasteiger partial charge on any atom is -0.463 e. The zero-order valence-corrected chi connectivity index (χ0v) is 10.9. The van der Waals surface area contributed by atoms with Crippen molar-refractivity contribution in [3.05, 3.63) is 40.4 Å². The predicted molar refractivity (Wildman–Crippen MR) is 70.7 cm³/mol. The van der Waals surface area contributed by atoms with Crippen LogP contribution in [0.2, 0.25) is 10.0 Å². The fourth-order valence-corrected chi connectivity index (χ4v) is 1.51. The Morgan fingerprint density at radius 1 is 1.47 bits per heavy atom. The fourth-order valence-electron chi connectivity index (χ4n) is 1.15. The Morgan fingerprint density at radius 3 is 2.82 bits per heavy atom. The van der Waals surface area contributed by atoms with Crippen LogP contribution < -0.4 is 5.32 Å². The third-order valence-electron chi connectivity index (χ3n) is 2.01. The predicted octanol–water partition coefficient (Wildman–Crippen LogP) is 3.52. The molecule has 17 heavy (non-hydrogen) atoms. The van der Waals surface area contributed by atoms with Crippen LogP contribution in [0.15, 0.2) is 30.4 Å². The SMILES string of the molecule is C=C(CNc1cccc(Cl)c1Cl)C(=O)OCC. The van der Waals surface area contributed by atoms with Crippen LogP contribution in [-0.2, 0) is 9.53 Å². The molecule has 0 heterocycles. The van der Waals surface area contributed by atoms with Gasteiger partial charge in [0.2, 0.25) is 0 Å². The second-order valence-corrected chi connectivity index (χ2v) is 4.06. The van der Waals surface area contributed by atoms with Gasteiger partial charge in [-0.1, -0.05) is 35.8 Å². The van der Waals surface area contributed by atoms with Crippen LogP contribution in [0, 0.1) is 0 Å². The molecule has 0 aliphatic heterocycles. The summed E-state index contributed by atoms with van der Waals surface area (Å²) in [7, 11) is 0. The molecule has 1 rings (SSSR count). The number of rotatable bonds is 5. The zero-order valence-electron chi connectivity index (χ0n) is 9.43. The molecule has 0 amide bonds. The van der Waals surface area contributed by atoms with Crippen LogP contribution in [0.3, 0.4) is 0 Å². The van der Waals surface area contributed by atoms with E-state index in [0.717, 1.165) is 0 Å². The van der Waals surface area contributed by atoms with Crippen LogP contribution in [0.5, 0.6) is 0 Å². The Morgan fingerprint density at radius 2 is 2.18 bits per heavy atom. The first-order valence-electron chi connectivity index (χ1n) is 5.09. The first-order chi connectivity index (χ1) is 8.06. The Bertz CT molecular complexity index is 433. The smallest absolute Gasteiger partial charge is 0.335 e. The molecule has 0 unspecified atom stereocenters. The van der Waals surface area contributed by atoms with Crippen molar-refractivity contribution in [3.8, 4) is 0 Å². The molecule has 3 nitrogen and oxygen atoms in total. The monoisotopic (exact) mass is 273 g/mol. The van der Waals surface area contributed by atoms with Crippen LogP contribution in [-0.4, -0.2) is 19.1 Å². The average Bonchev–Trinajstić information content (AvgIpc) is 2.31. The van der Waals surface area contributed by atoms with E-state index in [9.17, 15) is 4.79 Å². The summed E-state index contributed by atoms with van der Waals surface area (Å²) in [6.45, 7) is 5.96. The van der Waals surface area contributed by atoms with Crippen molar-refractivity contribution >= 4 is 34.9 Å². The van der Waals surface area contributed by atoms with E-state index in [2.05, 4.69) is 11.9 Å². The molecule has 0 aliphatic carbocycles. The highest BCUT2D eigenvalue weighted by molar-refractivity contribution is 6.43. The molecule has 5 heteroatoms. The lowest BCUT2D eigenvalue weighted by atomic mass is 10.2. The topological polar surface area (TPSA) is 38.3 Å². The molecular weight excluding hydrogens is 261 g/mol. The van der Waals surface area contributed by atoms with Gasteiger partial charge in [-0.2, -0.15) is 0 Å². The number of benzene rings is 1. The molecule has 0 fully saturated rings. The summed E-state index contributed by atoms with van der Waals surface area (Å²) in [5.74, 6) is -0.418. The van der Waals surface area contributed by atoms with Gasteiger partial charge in [-0.3, -0.25) is 0 Å². The molecule has 0 aromatic heterocycles. The molecule has 0 bridgehead atoms. The molecule has 0 saturated heterocycles. The maximum atomic E-state index is 11.3. The van der Waals surface area contributed by atoms with Crippen molar-refractivity contribution in [2.24, 2.45) is 0 Å². The van der Waals surface area contributed by atoms with E-state index in [1.165, 1.54) is 0 Å². The van der Waals surface area contributed by atoms with E-state index < -0.39 is 5.97 Å². The molecule has 92 valence electrons. The number of hydrogen-bond donors (Lipinski definition) is 1. The van der Waals surface area contributed by atoms with Crippen molar-refractivity contribution < 1.29 is 9.53 Å². The summed E-state index contributed by atoms with van der Waals surface area (Å²) < 4.78 is 4.81.